The van der Waals surface area contributed by atoms with E-state index in [1.165, 1.54) is 6.42 Å². The van der Waals surface area contributed by atoms with Crippen LogP contribution in [0.4, 0.5) is 11.5 Å². The zero-order valence-electron chi connectivity index (χ0n) is 11.2. The summed E-state index contributed by atoms with van der Waals surface area (Å²) in [7, 11) is 1.60. The average Bonchev–Trinajstić information content (AvgIpc) is 2.29. The van der Waals surface area contributed by atoms with E-state index in [1.54, 1.807) is 13.2 Å². The van der Waals surface area contributed by atoms with Crippen LogP contribution in [0.2, 0.25) is 0 Å². The number of nitrogens with one attached hydrogen (secondary N) is 1. The molecule has 0 aliphatic carbocycles. The molecule has 0 radical (unpaired) electrons. The van der Waals surface area contributed by atoms with Gasteiger partial charge in [-0.15, -0.1) is 0 Å². The molecule has 0 aliphatic heterocycles. The summed E-state index contributed by atoms with van der Waals surface area (Å²) in [6.07, 6.45) is 2.30. The summed E-state index contributed by atoms with van der Waals surface area (Å²) in [6, 6.07) is 3.93. The van der Waals surface area contributed by atoms with E-state index in [4.69, 9.17) is 10.5 Å². The summed E-state index contributed by atoms with van der Waals surface area (Å²) in [5, 5.41) is 3.32. The number of rotatable bonds is 6. The zero-order valence-corrected chi connectivity index (χ0v) is 11.2. The first-order valence-electron chi connectivity index (χ1n) is 6.10. The van der Waals surface area contributed by atoms with E-state index in [2.05, 4.69) is 31.1 Å². The smallest absolute Gasteiger partial charge is 0.215 e. The highest BCUT2D eigenvalue weighted by molar-refractivity contribution is 5.62. The average molecular weight is 237 g/mol. The minimum atomic E-state index is 0.360. The summed E-state index contributed by atoms with van der Waals surface area (Å²) in [5.41, 5.74) is 6.52. The molecule has 1 heterocycles. The van der Waals surface area contributed by atoms with E-state index in [-0.39, 0.29) is 0 Å². The summed E-state index contributed by atoms with van der Waals surface area (Å²) < 4.78 is 5.08. The molecule has 17 heavy (non-hydrogen) atoms. The van der Waals surface area contributed by atoms with Gasteiger partial charge in [0.05, 0.1) is 12.8 Å². The van der Waals surface area contributed by atoms with Gasteiger partial charge in [0.2, 0.25) is 5.88 Å². The van der Waals surface area contributed by atoms with E-state index in [9.17, 15) is 0 Å². The van der Waals surface area contributed by atoms with Gasteiger partial charge in [-0.1, -0.05) is 13.8 Å². The Morgan fingerprint density at radius 1 is 1.29 bits per heavy atom. The van der Waals surface area contributed by atoms with Crippen LogP contribution in [0.1, 0.15) is 33.6 Å². The third-order valence-corrected chi connectivity index (χ3v) is 2.67. The van der Waals surface area contributed by atoms with Gasteiger partial charge in [-0.2, -0.15) is 4.98 Å². The van der Waals surface area contributed by atoms with Crippen molar-refractivity contribution in [1.82, 2.24) is 4.98 Å². The van der Waals surface area contributed by atoms with Gasteiger partial charge in [0.25, 0.3) is 0 Å². The Kier molecular flexibility index (Phi) is 5.07. The second-order valence-electron chi connectivity index (χ2n) is 4.81. The SMILES string of the molecule is COc1ccc(N)c(NC(C)CCC(C)C)n1. The van der Waals surface area contributed by atoms with Gasteiger partial charge in [0.1, 0.15) is 0 Å². The lowest BCUT2D eigenvalue weighted by Crippen LogP contribution is -2.18. The van der Waals surface area contributed by atoms with Gasteiger partial charge >= 0.3 is 0 Å². The van der Waals surface area contributed by atoms with Crippen molar-refractivity contribution < 1.29 is 4.74 Å². The van der Waals surface area contributed by atoms with Crippen molar-refractivity contribution in [3.63, 3.8) is 0 Å². The van der Waals surface area contributed by atoms with Crippen molar-refractivity contribution in [3.05, 3.63) is 12.1 Å². The first kappa shape index (κ1) is 13.6. The quantitative estimate of drug-likeness (QED) is 0.798. The molecule has 1 aromatic heterocycles. The maximum absolute atomic E-state index is 5.87. The van der Waals surface area contributed by atoms with Gasteiger partial charge in [-0.3, -0.25) is 0 Å². The minimum absolute atomic E-state index is 0.360. The molecule has 96 valence electrons. The van der Waals surface area contributed by atoms with Crippen LogP contribution in [0, 0.1) is 5.92 Å². The van der Waals surface area contributed by atoms with E-state index in [0.717, 1.165) is 12.3 Å². The molecule has 1 atom stereocenters. The van der Waals surface area contributed by atoms with Crippen LogP contribution in [0.25, 0.3) is 0 Å². The van der Waals surface area contributed by atoms with E-state index >= 15 is 0 Å². The fourth-order valence-electron chi connectivity index (χ4n) is 1.57. The van der Waals surface area contributed by atoms with Gasteiger partial charge in [0, 0.05) is 12.1 Å². The lowest BCUT2D eigenvalue weighted by Gasteiger charge is -2.17. The maximum Gasteiger partial charge on any atom is 0.215 e. The predicted molar refractivity (Wildman–Crippen MR) is 72.4 cm³/mol. The monoisotopic (exact) mass is 237 g/mol. The number of nitrogen functional groups attached to an aromatic ring is 1. The van der Waals surface area contributed by atoms with Crippen LogP contribution < -0.4 is 15.8 Å². The van der Waals surface area contributed by atoms with Gasteiger partial charge < -0.3 is 15.8 Å². The van der Waals surface area contributed by atoms with Crippen molar-refractivity contribution >= 4 is 11.5 Å². The van der Waals surface area contributed by atoms with Crippen LogP contribution in [0.3, 0.4) is 0 Å². The second-order valence-corrected chi connectivity index (χ2v) is 4.81. The third-order valence-electron chi connectivity index (χ3n) is 2.67. The standard InChI is InChI=1S/C13H23N3O/c1-9(2)5-6-10(3)15-13-11(14)7-8-12(16-13)17-4/h7-10H,5-6,14H2,1-4H3,(H,15,16). The molecule has 0 saturated heterocycles. The Balaban J connectivity index is 2.60. The van der Waals surface area contributed by atoms with Crippen LogP contribution in [-0.2, 0) is 0 Å². The summed E-state index contributed by atoms with van der Waals surface area (Å²) in [6.45, 7) is 6.60. The predicted octanol–water partition coefficient (Wildman–Crippen LogP) is 2.91. The molecule has 1 unspecified atom stereocenters. The van der Waals surface area contributed by atoms with Crippen molar-refractivity contribution in [3.8, 4) is 5.88 Å². The number of methoxy groups -OCH3 is 1. The summed E-state index contributed by atoms with van der Waals surface area (Å²) >= 11 is 0. The third kappa shape index (κ3) is 4.51. The minimum Gasteiger partial charge on any atom is -0.481 e. The fourth-order valence-corrected chi connectivity index (χ4v) is 1.57. The van der Waals surface area contributed by atoms with Crippen LogP contribution in [0.15, 0.2) is 12.1 Å². The molecule has 4 heteroatoms. The fraction of sp³-hybridized carbons (Fsp3) is 0.615. The number of anilines is 2. The number of hydrogen-bond acceptors (Lipinski definition) is 4. The number of ether oxygens (including phenoxy) is 1. The molecule has 0 amide bonds. The Morgan fingerprint density at radius 3 is 2.59 bits per heavy atom. The zero-order chi connectivity index (χ0) is 12.8. The van der Waals surface area contributed by atoms with Crippen LogP contribution in [-0.4, -0.2) is 18.1 Å². The molecule has 3 N–H and O–H groups in total. The van der Waals surface area contributed by atoms with E-state index in [1.807, 2.05) is 6.07 Å². The van der Waals surface area contributed by atoms with E-state index < -0.39 is 0 Å². The molecule has 4 nitrogen and oxygen atoms in total. The highest BCUT2D eigenvalue weighted by Gasteiger charge is 2.08. The molecule has 0 fully saturated rings. The van der Waals surface area contributed by atoms with Crippen LogP contribution >= 0.6 is 0 Å². The largest absolute Gasteiger partial charge is 0.481 e. The first-order valence-corrected chi connectivity index (χ1v) is 6.10. The first-order chi connectivity index (χ1) is 8.02. The Hall–Kier alpha value is -1.45. The molecule has 1 aromatic rings. The Labute approximate surface area is 104 Å². The molecule has 0 aromatic carbocycles. The van der Waals surface area contributed by atoms with Crippen molar-refractivity contribution in [2.75, 3.05) is 18.2 Å². The van der Waals surface area contributed by atoms with Crippen molar-refractivity contribution in [2.24, 2.45) is 5.92 Å². The van der Waals surface area contributed by atoms with Gasteiger partial charge in [-0.05, 0) is 31.7 Å². The topological polar surface area (TPSA) is 60.2 Å². The normalized spacial score (nSPS) is 12.5. The molecular formula is C13H23N3O. The van der Waals surface area contributed by atoms with Crippen LogP contribution in [0.5, 0.6) is 5.88 Å². The number of nitrogens with two attached hydrogens (primary N) is 1. The summed E-state index contributed by atoms with van der Waals surface area (Å²) in [4.78, 5) is 4.30. The van der Waals surface area contributed by atoms with Gasteiger partial charge in [-0.25, -0.2) is 0 Å². The Morgan fingerprint density at radius 2 is 2.00 bits per heavy atom. The maximum atomic E-state index is 5.87. The lowest BCUT2D eigenvalue weighted by molar-refractivity contribution is 0.398. The number of aromatic nitrogens is 1. The highest BCUT2D eigenvalue weighted by Crippen LogP contribution is 2.21. The van der Waals surface area contributed by atoms with Crippen molar-refractivity contribution in [2.45, 2.75) is 39.7 Å². The summed E-state index contributed by atoms with van der Waals surface area (Å²) in [5.74, 6) is 2.01. The lowest BCUT2D eigenvalue weighted by atomic mass is 10.0. The molecular weight excluding hydrogens is 214 g/mol. The molecule has 1 rings (SSSR count). The number of nitrogens with zero attached hydrogens (tertiary/aromatic N) is 1. The van der Waals surface area contributed by atoms with Gasteiger partial charge in [0.15, 0.2) is 5.82 Å². The van der Waals surface area contributed by atoms with Crippen molar-refractivity contribution in [1.29, 1.82) is 0 Å². The molecule has 0 saturated carbocycles. The van der Waals surface area contributed by atoms with E-state index in [0.29, 0.717) is 23.4 Å². The second kappa shape index (κ2) is 6.33. The number of hydrogen-bond donors (Lipinski definition) is 2. The molecule has 0 spiro atoms. The number of pyridine rings is 1. The molecule has 0 bridgehead atoms. The Bertz CT molecular complexity index is 353. The molecule has 0 aliphatic rings. The highest BCUT2D eigenvalue weighted by atomic mass is 16.5.